The zero-order valence-corrected chi connectivity index (χ0v) is 12.2. The summed E-state index contributed by atoms with van der Waals surface area (Å²) >= 11 is 0. The molecule has 0 spiro atoms. The minimum absolute atomic E-state index is 0.00468. The maximum Gasteiger partial charge on any atom is 0.269 e. The van der Waals surface area contributed by atoms with Crippen LogP contribution in [0.5, 0.6) is 0 Å². The molecular formula is C15H11N7O2. The molecule has 0 bridgehead atoms. The van der Waals surface area contributed by atoms with Crippen molar-refractivity contribution in [3.63, 3.8) is 0 Å². The molecule has 0 aliphatic carbocycles. The summed E-state index contributed by atoms with van der Waals surface area (Å²) < 4.78 is 1.41. The van der Waals surface area contributed by atoms with E-state index in [0.717, 1.165) is 11.0 Å². The summed E-state index contributed by atoms with van der Waals surface area (Å²) in [5, 5.41) is 18.8. The lowest BCUT2D eigenvalue weighted by atomic mass is 10.3. The highest BCUT2D eigenvalue weighted by molar-refractivity contribution is 5.80. The summed E-state index contributed by atoms with van der Waals surface area (Å²) in [5.41, 5.74) is 8.80. The summed E-state index contributed by atoms with van der Waals surface area (Å²) in [7, 11) is 0. The molecule has 118 valence electrons. The maximum absolute atomic E-state index is 10.7. The summed E-state index contributed by atoms with van der Waals surface area (Å²) in [6.07, 6.45) is 0. The van der Waals surface area contributed by atoms with Crippen LogP contribution in [0.4, 0.5) is 11.5 Å². The number of nitrogen functional groups attached to an aromatic ring is 1. The molecule has 3 N–H and O–H groups in total. The van der Waals surface area contributed by atoms with Gasteiger partial charge in [-0.1, -0.05) is 17.3 Å². The van der Waals surface area contributed by atoms with Gasteiger partial charge in [-0.25, -0.2) is 4.98 Å². The Morgan fingerprint density at radius 3 is 2.58 bits per heavy atom. The lowest BCUT2D eigenvalue weighted by molar-refractivity contribution is -0.384. The fourth-order valence-electron chi connectivity index (χ4n) is 2.43. The number of non-ortho nitro benzene ring substituents is 1. The van der Waals surface area contributed by atoms with E-state index in [1.165, 1.54) is 16.8 Å². The lowest BCUT2D eigenvalue weighted by Gasteiger charge is -2.02. The Morgan fingerprint density at radius 1 is 1.12 bits per heavy atom. The SMILES string of the molecule is Nc1c(-c2nc3ccccc3[nH]2)nnn1-c1ccc([N+](=O)[O-])cc1. The monoisotopic (exact) mass is 321 g/mol. The second-order valence-corrected chi connectivity index (χ2v) is 5.11. The molecule has 4 rings (SSSR count). The van der Waals surface area contributed by atoms with Crippen molar-refractivity contribution in [3.8, 4) is 17.2 Å². The Labute approximate surface area is 134 Å². The number of anilines is 1. The van der Waals surface area contributed by atoms with Crippen LogP contribution in [-0.4, -0.2) is 29.9 Å². The lowest BCUT2D eigenvalue weighted by Crippen LogP contribution is -2.02. The number of nitrogens with zero attached hydrogens (tertiary/aromatic N) is 5. The highest BCUT2D eigenvalue weighted by Gasteiger charge is 2.17. The van der Waals surface area contributed by atoms with E-state index >= 15 is 0 Å². The number of fused-ring (bicyclic) bond motifs is 1. The van der Waals surface area contributed by atoms with Crippen molar-refractivity contribution in [1.82, 2.24) is 25.0 Å². The Kier molecular flexibility index (Phi) is 2.98. The molecule has 0 amide bonds. The predicted octanol–water partition coefficient (Wildman–Crippen LogP) is 2.30. The average molecular weight is 321 g/mol. The van der Waals surface area contributed by atoms with Gasteiger partial charge in [0.05, 0.1) is 21.6 Å². The van der Waals surface area contributed by atoms with Crippen LogP contribution in [-0.2, 0) is 0 Å². The van der Waals surface area contributed by atoms with E-state index < -0.39 is 4.92 Å². The quantitative estimate of drug-likeness (QED) is 0.440. The molecule has 0 unspecified atom stereocenters. The molecule has 24 heavy (non-hydrogen) atoms. The summed E-state index contributed by atoms with van der Waals surface area (Å²) in [6.45, 7) is 0. The van der Waals surface area contributed by atoms with Gasteiger partial charge in [0, 0.05) is 12.1 Å². The number of nitro groups is 1. The number of benzene rings is 2. The van der Waals surface area contributed by atoms with Crippen molar-refractivity contribution in [2.45, 2.75) is 0 Å². The molecule has 2 aromatic heterocycles. The predicted molar refractivity (Wildman–Crippen MR) is 87.5 cm³/mol. The van der Waals surface area contributed by atoms with Crippen LogP contribution >= 0.6 is 0 Å². The Balaban J connectivity index is 1.76. The molecule has 0 saturated heterocycles. The number of para-hydroxylation sites is 2. The van der Waals surface area contributed by atoms with E-state index in [1.54, 1.807) is 12.1 Å². The second-order valence-electron chi connectivity index (χ2n) is 5.11. The van der Waals surface area contributed by atoms with Crippen molar-refractivity contribution in [2.75, 3.05) is 5.73 Å². The molecule has 0 saturated carbocycles. The van der Waals surface area contributed by atoms with Gasteiger partial charge in [-0.3, -0.25) is 10.1 Å². The number of nitrogens with one attached hydrogen (secondary N) is 1. The Hall–Kier alpha value is -3.75. The number of imidazole rings is 1. The van der Waals surface area contributed by atoms with Gasteiger partial charge in [-0.2, -0.15) is 4.68 Å². The van der Waals surface area contributed by atoms with Crippen molar-refractivity contribution >= 4 is 22.5 Å². The minimum atomic E-state index is -0.464. The van der Waals surface area contributed by atoms with Gasteiger partial charge in [-0.15, -0.1) is 5.10 Å². The van der Waals surface area contributed by atoms with Crippen LogP contribution in [0.2, 0.25) is 0 Å². The zero-order valence-electron chi connectivity index (χ0n) is 12.2. The summed E-state index contributed by atoms with van der Waals surface area (Å²) in [4.78, 5) is 17.9. The number of hydrogen-bond donors (Lipinski definition) is 2. The van der Waals surface area contributed by atoms with Gasteiger partial charge in [0.15, 0.2) is 17.3 Å². The van der Waals surface area contributed by atoms with Gasteiger partial charge in [-0.05, 0) is 24.3 Å². The fraction of sp³-hybridized carbons (Fsp3) is 0. The van der Waals surface area contributed by atoms with Crippen LogP contribution < -0.4 is 5.73 Å². The van der Waals surface area contributed by atoms with Gasteiger partial charge in [0.1, 0.15) is 0 Å². The molecule has 2 aromatic carbocycles. The minimum Gasteiger partial charge on any atom is -0.382 e. The van der Waals surface area contributed by atoms with E-state index in [4.69, 9.17) is 5.73 Å². The molecule has 0 aliphatic rings. The number of hydrogen-bond acceptors (Lipinski definition) is 6. The second kappa shape index (κ2) is 5.16. The maximum atomic E-state index is 10.7. The van der Waals surface area contributed by atoms with Crippen LogP contribution in [0.1, 0.15) is 0 Å². The number of nitro benzene ring substituents is 1. The fourth-order valence-corrected chi connectivity index (χ4v) is 2.43. The third-order valence-electron chi connectivity index (χ3n) is 3.62. The molecule has 4 aromatic rings. The van der Waals surface area contributed by atoms with E-state index in [0.29, 0.717) is 23.0 Å². The standard InChI is InChI=1S/C15H11N7O2/c16-14-13(15-17-11-3-1-2-4-12(11)18-15)19-20-21(14)9-5-7-10(8-6-9)22(23)24/h1-8H,16H2,(H,17,18). The average Bonchev–Trinajstić information content (AvgIpc) is 3.18. The molecule has 0 fully saturated rings. The number of nitrogens with two attached hydrogens (primary N) is 1. The van der Waals surface area contributed by atoms with E-state index in [2.05, 4.69) is 20.3 Å². The van der Waals surface area contributed by atoms with Crippen LogP contribution in [0.15, 0.2) is 48.5 Å². The number of rotatable bonds is 3. The van der Waals surface area contributed by atoms with Gasteiger partial charge >= 0.3 is 0 Å². The normalized spacial score (nSPS) is 11.0. The van der Waals surface area contributed by atoms with Crippen LogP contribution in [0, 0.1) is 10.1 Å². The van der Waals surface area contributed by atoms with Crippen LogP contribution in [0.3, 0.4) is 0 Å². The van der Waals surface area contributed by atoms with Gasteiger partial charge < -0.3 is 10.7 Å². The number of aromatic amines is 1. The van der Waals surface area contributed by atoms with Crippen LogP contribution in [0.25, 0.3) is 28.2 Å². The first-order valence-corrected chi connectivity index (χ1v) is 7.04. The molecule has 0 aliphatic heterocycles. The number of H-pyrrole nitrogens is 1. The van der Waals surface area contributed by atoms with Crippen molar-refractivity contribution in [2.24, 2.45) is 0 Å². The van der Waals surface area contributed by atoms with E-state index in [1.807, 2.05) is 24.3 Å². The summed E-state index contributed by atoms with van der Waals surface area (Å²) in [5.74, 6) is 0.810. The first kappa shape index (κ1) is 13.9. The molecule has 2 heterocycles. The molecule has 9 nitrogen and oxygen atoms in total. The summed E-state index contributed by atoms with van der Waals surface area (Å²) in [6, 6.07) is 13.5. The number of aromatic nitrogens is 5. The van der Waals surface area contributed by atoms with E-state index in [9.17, 15) is 10.1 Å². The molecule has 0 radical (unpaired) electrons. The first-order valence-electron chi connectivity index (χ1n) is 7.04. The smallest absolute Gasteiger partial charge is 0.269 e. The highest BCUT2D eigenvalue weighted by atomic mass is 16.6. The van der Waals surface area contributed by atoms with Crippen molar-refractivity contribution < 1.29 is 4.92 Å². The molecule has 9 heteroatoms. The van der Waals surface area contributed by atoms with Crippen molar-refractivity contribution in [1.29, 1.82) is 0 Å². The largest absolute Gasteiger partial charge is 0.382 e. The highest BCUT2D eigenvalue weighted by Crippen LogP contribution is 2.25. The third-order valence-corrected chi connectivity index (χ3v) is 3.62. The first-order chi connectivity index (χ1) is 11.6. The molecular weight excluding hydrogens is 310 g/mol. The molecule has 0 atom stereocenters. The Bertz CT molecular complexity index is 1020. The van der Waals surface area contributed by atoms with Gasteiger partial charge in [0.2, 0.25) is 0 Å². The van der Waals surface area contributed by atoms with Crippen molar-refractivity contribution in [3.05, 3.63) is 58.6 Å². The third kappa shape index (κ3) is 2.15. The van der Waals surface area contributed by atoms with Gasteiger partial charge in [0.25, 0.3) is 5.69 Å². The Morgan fingerprint density at radius 2 is 1.88 bits per heavy atom. The topological polar surface area (TPSA) is 129 Å². The zero-order chi connectivity index (χ0) is 16.7. The van der Waals surface area contributed by atoms with E-state index in [-0.39, 0.29) is 5.69 Å².